The zero-order valence-electron chi connectivity index (χ0n) is 12.5. The van der Waals surface area contributed by atoms with Gasteiger partial charge in [-0.3, -0.25) is 9.59 Å². The van der Waals surface area contributed by atoms with Gasteiger partial charge in [-0.15, -0.1) is 0 Å². The number of nitrogens with one attached hydrogen (secondary N) is 1. The van der Waals surface area contributed by atoms with Gasteiger partial charge >= 0.3 is 63.3 Å². The Bertz CT molecular complexity index is 247. The molecule has 0 aromatic rings. The first-order chi connectivity index (χ1) is 9.20. The fraction of sp³-hybridized carbons (Fsp3) is 0.867. The van der Waals surface area contributed by atoms with Crippen molar-refractivity contribution in [1.29, 1.82) is 0 Å². The molecule has 0 aromatic heterocycles. The van der Waals surface area contributed by atoms with Crippen molar-refractivity contribution in [1.82, 2.24) is 5.32 Å². The van der Waals surface area contributed by atoms with Crippen molar-refractivity contribution in [3.8, 4) is 0 Å². The number of unbranched alkanes of at least 4 members (excludes halogenated alkanes) is 8. The van der Waals surface area contributed by atoms with E-state index in [4.69, 9.17) is 0 Å². The standard InChI is InChI=1S/C15H29NO3.K.H/c1-3-4-5-6-7-8-9-10-11-12-14(17)19-15(18)13-16-2;;/h16H,3-13H2,1-2H3;;. The maximum atomic E-state index is 11.3. The molecule has 0 atom stereocenters. The number of carbonyl (C=O) groups excluding carboxylic acids is 2. The van der Waals surface area contributed by atoms with Crippen molar-refractivity contribution in [2.75, 3.05) is 13.6 Å². The Morgan fingerprint density at radius 1 is 0.850 bits per heavy atom. The van der Waals surface area contributed by atoms with E-state index in [0.717, 1.165) is 12.8 Å². The fourth-order valence-corrected chi connectivity index (χ4v) is 1.94. The quantitative estimate of drug-likeness (QED) is 0.260. The zero-order chi connectivity index (χ0) is 14.3. The molecule has 0 rings (SSSR count). The van der Waals surface area contributed by atoms with Gasteiger partial charge in [-0.25, -0.2) is 0 Å². The molecule has 0 radical (unpaired) electrons. The SMILES string of the molecule is CCCCCCCCCCCC(=O)OC(=O)CNC.[KH]. The Labute approximate surface area is 166 Å². The third kappa shape index (κ3) is 16.8. The van der Waals surface area contributed by atoms with Gasteiger partial charge < -0.3 is 10.1 Å². The van der Waals surface area contributed by atoms with Crippen LogP contribution in [-0.2, 0) is 14.3 Å². The van der Waals surface area contributed by atoms with Crippen molar-refractivity contribution >= 4 is 63.3 Å². The molecule has 0 bridgehead atoms. The molecule has 0 saturated carbocycles. The van der Waals surface area contributed by atoms with Crippen LogP contribution in [0, 0.1) is 0 Å². The zero-order valence-corrected chi connectivity index (χ0v) is 12.5. The second-order valence-electron chi connectivity index (χ2n) is 4.95. The van der Waals surface area contributed by atoms with E-state index in [-0.39, 0.29) is 57.9 Å². The second kappa shape index (κ2) is 17.8. The number of likely N-dealkylation sites (N-methyl/N-ethyl adjacent to an activating group) is 1. The van der Waals surface area contributed by atoms with Gasteiger partial charge in [0.25, 0.3) is 0 Å². The number of carbonyl (C=O) groups is 2. The summed E-state index contributed by atoms with van der Waals surface area (Å²) in [6, 6.07) is 0. The van der Waals surface area contributed by atoms with Crippen LogP contribution in [0.25, 0.3) is 0 Å². The second-order valence-corrected chi connectivity index (χ2v) is 4.95. The summed E-state index contributed by atoms with van der Waals surface area (Å²) in [5.41, 5.74) is 0. The molecule has 114 valence electrons. The number of rotatable bonds is 12. The molecule has 20 heavy (non-hydrogen) atoms. The van der Waals surface area contributed by atoms with Crippen LogP contribution in [0.2, 0.25) is 0 Å². The molecule has 0 saturated heterocycles. The molecule has 0 aliphatic rings. The normalized spacial score (nSPS) is 9.90. The Morgan fingerprint density at radius 3 is 1.85 bits per heavy atom. The van der Waals surface area contributed by atoms with Crippen molar-refractivity contribution in [2.45, 2.75) is 71.1 Å². The van der Waals surface area contributed by atoms with E-state index in [1.54, 1.807) is 7.05 Å². The van der Waals surface area contributed by atoms with Crippen LogP contribution in [0.3, 0.4) is 0 Å². The Balaban J connectivity index is 0. The molecular formula is C15H30KNO3. The maximum absolute atomic E-state index is 11.3. The van der Waals surface area contributed by atoms with Crippen molar-refractivity contribution in [3.63, 3.8) is 0 Å². The van der Waals surface area contributed by atoms with Gasteiger partial charge in [0.05, 0.1) is 6.54 Å². The monoisotopic (exact) mass is 311 g/mol. The predicted molar refractivity (Wildman–Crippen MR) is 84.0 cm³/mol. The molecule has 0 heterocycles. The summed E-state index contributed by atoms with van der Waals surface area (Å²) < 4.78 is 4.62. The molecule has 0 unspecified atom stereocenters. The van der Waals surface area contributed by atoms with Gasteiger partial charge in [-0.2, -0.15) is 0 Å². The Kier molecular flexibility index (Phi) is 20.5. The Hall–Kier alpha value is 0.736. The first kappa shape index (κ1) is 23.0. The number of hydrogen-bond donors (Lipinski definition) is 1. The van der Waals surface area contributed by atoms with E-state index in [0.29, 0.717) is 6.42 Å². The first-order valence-electron chi connectivity index (χ1n) is 7.58. The van der Waals surface area contributed by atoms with Gasteiger partial charge in [-0.05, 0) is 13.5 Å². The summed E-state index contributed by atoms with van der Waals surface area (Å²) in [4.78, 5) is 22.3. The topological polar surface area (TPSA) is 55.4 Å². The summed E-state index contributed by atoms with van der Waals surface area (Å²) >= 11 is 0. The van der Waals surface area contributed by atoms with Gasteiger partial charge in [-0.1, -0.05) is 58.3 Å². The molecule has 0 aliphatic carbocycles. The Morgan fingerprint density at radius 2 is 1.35 bits per heavy atom. The van der Waals surface area contributed by atoms with E-state index in [1.807, 2.05) is 0 Å². The summed E-state index contributed by atoms with van der Waals surface area (Å²) in [5.74, 6) is -0.897. The molecule has 5 heteroatoms. The predicted octanol–water partition coefficient (Wildman–Crippen LogP) is 2.55. The molecule has 0 fully saturated rings. The van der Waals surface area contributed by atoms with E-state index < -0.39 is 11.9 Å². The molecule has 0 amide bonds. The molecule has 4 nitrogen and oxygen atoms in total. The van der Waals surface area contributed by atoms with Gasteiger partial charge in [0.15, 0.2) is 0 Å². The van der Waals surface area contributed by atoms with E-state index in [2.05, 4.69) is 17.0 Å². The van der Waals surface area contributed by atoms with Crippen LogP contribution in [0.1, 0.15) is 71.1 Å². The third-order valence-corrected chi connectivity index (χ3v) is 3.03. The van der Waals surface area contributed by atoms with Crippen LogP contribution in [0.5, 0.6) is 0 Å². The summed E-state index contributed by atoms with van der Waals surface area (Å²) in [6.07, 6.45) is 11.2. The van der Waals surface area contributed by atoms with Crippen LogP contribution in [0.4, 0.5) is 0 Å². The molecule has 0 aliphatic heterocycles. The summed E-state index contributed by atoms with van der Waals surface area (Å²) in [5, 5.41) is 2.65. The van der Waals surface area contributed by atoms with Crippen molar-refractivity contribution < 1.29 is 14.3 Å². The van der Waals surface area contributed by atoms with Crippen molar-refractivity contribution in [3.05, 3.63) is 0 Å². The molecule has 0 aromatic carbocycles. The van der Waals surface area contributed by atoms with Gasteiger partial charge in [0.2, 0.25) is 0 Å². The minimum absolute atomic E-state index is 0. The van der Waals surface area contributed by atoms with E-state index >= 15 is 0 Å². The molecule has 0 spiro atoms. The fourth-order valence-electron chi connectivity index (χ4n) is 1.94. The van der Waals surface area contributed by atoms with Gasteiger partial charge in [0, 0.05) is 6.42 Å². The molecule has 1 N–H and O–H groups in total. The number of ether oxygens (including phenoxy) is 1. The summed E-state index contributed by atoms with van der Waals surface area (Å²) in [6.45, 7) is 2.31. The van der Waals surface area contributed by atoms with E-state index in [9.17, 15) is 9.59 Å². The van der Waals surface area contributed by atoms with E-state index in [1.165, 1.54) is 44.9 Å². The molecular weight excluding hydrogens is 281 g/mol. The average Bonchev–Trinajstić information content (AvgIpc) is 2.37. The number of hydrogen-bond acceptors (Lipinski definition) is 4. The summed E-state index contributed by atoms with van der Waals surface area (Å²) in [7, 11) is 1.65. The minimum atomic E-state index is -0.497. The van der Waals surface area contributed by atoms with Crippen LogP contribution < -0.4 is 5.32 Å². The third-order valence-electron chi connectivity index (χ3n) is 3.03. The van der Waals surface area contributed by atoms with Crippen molar-refractivity contribution in [2.24, 2.45) is 0 Å². The van der Waals surface area contributed by atoms with Gasteiger partial charge in [0.1, 0.15) is 0 Å². The van der Waals surface area contributed by atoms with Crippen LogP contribution >= 0.6 is 0 Å². The number of esters is 2. The van der Waals surface area contributed by atoms with Crippen LogP contribution in [-0.4, -0.2) is 76.9 Å². The van der Waals surface area contributed by atoms with Crippen LogP contribution in [0.15, 0.2) is 0 Å². The average molecular weight is 312 g/mol. The first-order valence-corrected chi connectivity index (χ1v) is 7.58.